The van der Waals surface area contributed by atoms with Crippen LogP contribution in [-0.4, -0.2) is 45.7 Å². The highest BCUT2D eigenvalue weighted by Crippen LogP contribution is 2.17. The number of nitrogens with zero attached hydrogens (tertiary/aromatic N) is 3. The van der Waals surface area contributed by atoms with E-state index in [0.29, 0.717) is 16.7 Å². The predicted molar refractivity (Wildman–Crippen MR) is 122 cm³/mol. The summed E-state index contributed by atoms with van der Waals surface area (Å²) in [5, 5.41) is 0.523. The average Bonchev–Trinajstić information content (AvgIpc) is 2.79. The van der Waals surface area contributed by atoms with Gasteiger partial charge in [0.15, 0.2) is 0 Å². The third kappa shape index (κ3) is 6.87. The summed E-state index contributed by atoms with van der Waals surface area (Å²) in [6, 6.07) is 9.72. The molecule has 0 aliphatic carbocycles. The number of rotatable bonds is 12. The Labute approximate surface area is 183 Å². The number of fused-ring (bicyclic) bond motifs is 1. The van der Waals surface area contributed by atoms with Gasteiger partial charge in [-0.2, -0.15) is 0 Å². The fourth-order valence-electron chi connectivity index (χ4n) is 3.37. The van der Waals surface area contributed by atoms with E-state index in [9.17, 15) is 4.79 Å². The monoisotopic (exact) mass is 424 g/mol. The van der Waals surface area contributed by atoms with Gasteiger partial charge in [-0.25, -0.2) is 4.98 Å². The van der Waals surface area contributed by atoms with Crippen molar-refractivity contribution in [2.24, 2.45) is 0 Å². The second kappa shape index (κ2) is 11.6. The van der Waals surface area contributed by atoms with E-state index in [1.165, 1.54) is 5.56 Å². The number of benzene rings is 1. The molecule has 0 bridgehead atoms. The summed E-state index contributed by atoms with van der Waals surface area (Å²) in [6.07, 6.45) is 5.51. The molecule has 0 amide bonds. The zero-order valence-electron chi connectivity index (χ0n) is 18.6. The molecule has 3 aromatic rings. The van der Waals surface area contributed by atoms with Crippen molar-refractivity contribution in [1.29, 1.82) is 0 Å². The molecule has 1 unspecified atom stereocenters. The first kappa shape index (κ1) is 22.9. The Morgan fingerprint density at radius 1 is 1.23 bits per heavy atom. The molecule has 2 heterocycles. The smallest absolute Gasteiger partial charge is 0.258 e. The second-order valence-electron chi connectivity index (χ2n) is 7.68. The summed E-state index contributed by atoms with van der Waals surface area (Å²) in [5.74, 6) is 1.23. The second-order valence-corrected chi connectivity index (χ2v) is 7.68. The maximum absolute atomic E-state index is 12.2. The molecule has 0 spiro atoms. The first-order chi connectivity index (χ1) is 15.1. The van der Waals surface area contributed by atoms with Gasteiger partial charge in [-0.05, 0) is 50.1 Å². The van der Waals surface area contributed by atoms with E-state index in [2.05, 4.69) is 46.7 Å². The van der Waals surface area contributed by atoms with Gasteiger partial charge in [0.05, 0.1) is 23.2 Å². The van der Waals surface area contributed by atoms with Crippen molar-refractivity contribution < 1.29 is 9.47 Å². The Morgan fingerprint density at radius 3 is 2.90 bits per heavy atom. The van der Waals surface area contributed by atoms with Crippen LogP contribution in [0.4, 0.5) is 0 Å². The van der Waals surface area contributed by atoms with Gasteiger partial charge in [0.2, 0.25) is 0 Å². The van der Waals surface area contributed by atoms with Gasteiger partial charge in [0, 0.05) is 25.9 Å². The van der Waals surface area contributed by atoms with Gasteiger partial charge in [-0.1, -0.05) is 26.0 Å². The number of pyridine rings is 1. The maximum atomic E-state index is 12.2. The fraction of sp³-hybridized carbons (Fsp3) is 0.458. The molecule has 166 valence electrons. The highest BCUT2D eigenvalue weighted by molar-refractivity contribution is 5.75. The normalized spacial score (nSPS) is 12.4. The van der Waals surface area contributed by atoms with Gasteiger partial charge in [0.25, 0.3) is 5.56 Å². The molecule has 1 aromatic carbocycles. The third-order valence-electron chi connectivity index (χ3n) is 5.14. The lowest BCUT2D eigenvalue weighted by molar-refractivity contribution is 0.0523. The van der Waals surface area contributed by atoms with Gasteiger partial charge < -0.3 is 14.5 Å². The van der Waals surface area contributed by atoms with E-state index in [4.69, 9.17) is 9.47 Å². The minimum absolute atomic E-state index is 0.185. The highest BCUT2D eigenvalue weighted by Gasteiger charge is 2.09. The lowest BCUT2D eigenvalue weighted by Gasteiger charge is -2.23. The van der Waals surface area contributed by atoms with E-state index in [1.807, 2.05) is 18.2 Å². The lowest BCUT2D eigenvalue weighted by atomic mass is 10.2. The van der Waals surface area contributed by atoms with Crippen molar-refractivity contribution in [3.05, 3.63) is 64.5 Å². The minimum Gasteiger partial charge on any atom is -0.486 e. The van der Waals surface area contributed by atoms with Crippen LogP contribution in [-0.2, 0) is 17.9 Å². The first-order valence-electron chi connectivity index (χ1n) is 11.0. The van der Waals surface area contributed by atoms with Crippen LogP contribution >= 0.6 is 0 Å². The molecule has 1 atom stereocenters. The van der Waals surface area contributed by atoms with Crippen LogP contribution in [0.3, 0.4) is 0 Å². The van der Waals surface area contributed by atoms with Crippen molar-refractivity contribution >= 4 is 10.9 Å². The standard InChI is InChI=1S/C24H32N4O3/c1-4-13-30-18(3)10-12-28(5-2)16-19-7-6-8-20(14-19)31-17-23-26-22-15-25-11-9-21(22)24(29)27-23/h6-9,11,14-15,18H,4-5,10,12-13,16-17H2,1-3H3,(H,26,27,29). The van der Waals surface area contributed by atoms with Crippen LogP contribution in [0.2, 0.25) is 0 Å². The molecule has 0 saturated heterocycles. The Bertz CT molecular complexity index is 1020. The molecule has 0 aliphatic rings. The van der Waals surface area contributed by atoms with Gasteiger partial charge in [-0.3, -0.25) is 14.7 Å². The summed E-state index contributed by atoms with van der Waals surface area (Å²) in [4.78, 5) is 25.8. The van der Waals surface area contributed by atoms with E-state index in [0.717, 1.165) is 44.8 Å². The van der Waals surface area contributed by atoms with Crippen molar-refractivity contribution in [2.45, 2.75) is 52.9 Å². The molecule has 3 rings (SSSR count). The van der Waals surface area contributed by atoms with Crippen molar-refractivity contribution in [3.8, 4) is 5.75 Å². The van der Waals surface area contributed by atoms with E-state index >= 15 is 0 Å². The van der Waals surface area contributed by atoms with Crippen molar-refractivity contribution in [2.75, 3.05) is 19.7 Å². The third-order valence-corrected chi connectivity index (χ3v) is 5.14. The SMILES string of the molecule is CCCOC(C)CCN(CC)Cc1cccc(OCc2nc3cnccc3c(=O)[nH]2)c1. The molecule has 31 heavy (non-hydrogen) atoms. The Hall–Kier alpha value is -2.77. The summed E-state index contributed by atoms with van der Waals surface area (Å²) >= 11 is 0. The van der Waals surface area contributed by atoms with Crippen LogP contribution < -0.4 is 10.3 Å². The summed E-state index contributed by atoms with van der Waals surface area (Å²) in [6.45, 7) is 10.3. The molecular formula is C24H32N4O3. The molecule has 1 N–H and O–H groups in total. The molecular weight excluding hydrogens is 392 g/mol. The average molecular weight is 425 g/mol. The number of hydrogen-bond acceptors (Lipinski definition) is 6. The fourth-order valence-corrected chi connectivity index (χ4v) is 3.37. The summed E-state index contributed by atoms with van der Waals surface area (Å²) in [7, 11) is 0. The zero-order chi connectivity index (χ0) is 22.1. The molecule has 0 fully saturated rings. The van der Waals surface area contributed by atoms with Gasteiger partial charge >= 0.3 is 0 Å². The number of H-pyrrole nitrogens is 1. The van der Waals surface area contributed by atoms with Crippen LogP contribution in [0.5, 0.6) is 5.75 Å². The van der Waals surface area contributed by atoms with Crippen LogP contribution in [0, 0.1) is 0 Å². The van der Waals surface area contributed by atoms with Crippen molar-refractivity contribution in [1.82, 2.24) is 19.9 Å². The summed E-state index contributed by atoms with van der Waals surface area (Å²) < 4.78 is 11.7. The van der Waals surface area contributed by atoms with Crippen LogP contribution in [0.1, 0.15) is 45.0 Å². The molecule has 0 radical (unpaired) electrons. The Balaban J connectivity index is 1.58. The largest absolute Gasteiger partial charge is 0.486 e. The number of aromatic nitrogens is 3. The minimum atomic E-state index is -0.185. The Morgan fingerprint density at radius 2 is 2.10 bits per heavy atom. The van der Waals surface area contributed by atoms with E-state index in [1.54, 1.807) is 18.5 Å². The highest BCUT2D eigenvalue weighted by atomic mass is 16.5. The predicted octanol–water partition coefficient (Wildman–Crippen LogP) is 3.92. The van der Waals surface area contributed by atoms with Crippen LogP contribution in [0.25, 0.3) is 10.9 Å². The summed E-state index contributed by atoms with van der Waals surface area (Å²) in [5.41, 5.74) is 1.57. The maximum Gasteiger partial charge on any atom is 0.258 e. The number of ether oxygens (including phenoxy) is 2. The molecule has 7 heteroatoms. The number of aromatic amines is 1. The number of hydrogen-bond donors (Lipinski definition) is 1. The zero-order valence-corrected chi connectivity index (χ0v) is 18.6. The molecule has 0 aliphatic heterocycles. The van der Waals surface area contributed by atoms with E-state index < -0.39 is 0 Å². The Kier molecular flexibility index (Phi) is 8.55. The van der Waals surface area contributed by atoms with E-state index in [-0.39, 0.29) is 18.3 Å². The molecule has 2 aromatic heterocycles. The van der Waals surface area contributed by atoms with Crippen molar-refractivity contribution in [3.63, 3.8) is 0 Å². The van der Waals surface area contributed by atoms with Crippen LogP contribution in [0.15, 0.2) is 47.5 Å². The van der Waals surface area contributed by atoms with Gasteiger partial charge in [-0.15, -0.1) is 0 Å². The lowest BCUT2D eigenvalue weighted by Crippen LogP contribution is -2.27. The first-order valence-corrected chi connectivity index (χ1v) is 11.0. The quantitative estimate of drug-likeness (QED) is 0.475. The molecule has 7 nitrogen and oxygen atoms in total. The van der Waals surface area contributed by atoms with Gasteiger partial charge in [0.1, 0.15) is 18.2 Å². The number of nitrogens with one attached hydrogen (secondary N) is 1. The molecule has 0 saturated carbocycles. The topological polar surface area (TPSA) is 80.3 Å².